The first kappa shape index (κ1) is 18.2. The Morgan fingerprint density at radius 2 is 1.76 bits per heavy atom. The summed E-state index contributed by atoms with van der Waals surface area (Å²) in [6.07, 6.45) is 2.54. The van der Waals surface area contributed by atoms with E-state index in [9.17, 15) is 8.42 Å². The highest BCUT2D eigenvalue weighted by molar-refractivity contribution is 7.88. The average molecular weight is 362 g/mol. The lowest BCUT2D eigenvalue weighted by Crippen LogP contribution is -2.33. The van der Waals surface area contributed by atoms with Gasteiger partial charge in [-0.15, -0.1) is 0 Å². The number of sulfonamides is 1. The quantitative estimate of drug-likeness (QED) is 0.723. The zero-order valence-electron chi connectivity index (χ0n) is 15.1. The fourth-order valence-electron chi connectivity index (χ4n) is 3.00. The van der Waals surface area contributed by atoms with E-state index in [4.69, 9.17) is 4.42 Å². The van der Waals surface area contributed by atoms with Gasteiger partial charge in [-0.2, -0.15) is 0 Å². The van der Waals surface area contributed by atoms with Crippen molar-refractivity contribution in [1.82, 2.24) is 9.21 Å². The number of furan rings is 1. The fraction of sp³-hybridized carbons (Fsp3) is 0.474. The van der Waals surface area contributed by atoms with Crippen molar-refractivity contribution in [3.63, 3.8) is 0 Å². The van der Waals surface area contributed by atoms with Gasteiger partial charge in [-0.1, -0.05) is 30.3 Å². The maximum Gasteiger partial charge on any atom is 0.275 e. The number of hydrogen-bond donors (Lipinski definition) is 0. The van der Waals surface area contributed by atoms with Crippen LogP contribution in [-0.4, -0.2) is 37.8 Å². The van der Waals surface area contributed by atoms with Gasteiger partial charge in [0.2, 0.25) is 5.09 Å². The van der Waals surface area contributed by atoms with Crippen LogP contribution in [0.3, 0.4) is 0 Å². The number of rotatable bonds is 8. The average Bonchev–Trinajstić information content (AvgIpc) is 3.33. The minimum atomic E-state index is -3.53. The first-order valence-electron chi connectivity index (χ1n) is 8.67. The summed E-state index contributed by atoms with van der Waals surface area (Å²) in [6.45, 7) is 3.69. The third-order valence-electron chi connectivity index (χ3n) is 4.84. The molecule has 0 bridgehead atoms. The van der Waals surface area contributed by atoms with Crippen LogP contribution in [0.1, 0.15) is 31.1 Å². The molecular weight excluding hydrogens is 336 g/mol. The zero-order chi connectivity index (χ0) is 18.0. The number of benzene rings is 1. The molecule has 1 aliphatic carbocycles. The molecule has 6 heteroatoms. The molecule has 5 nitrogen and oxygen atoms in total. The van der Waals surface area contributed by atoms with Crippen LogP contribution in [0.5, 0.6) is 0 Å². The first-order valence-corrected chi connectivity index (χ1v) is 10.1. The molecule has 25 heavy (non-hydrogen) atoms. The molecule has 0 amide bonds. The largest absolute Gasteiger partial charge is 0.447 e. The second kappa shape index (κ2) is 7.32. The molecule has 0 radical (unpaired) electrons. The van der Waals surface area contributed by atoms with Crippen molar-refractivity contribution >= 4 is 10.0 Å². The summed E-state index contributed by atoms with van der Waals surface area (Å²) >= 11 is 0. The maximum absolute atomic E-state index is 12.2. The lowest BCUT2D eigenvalue weighted by molar-refractivity contribution is 0.155. The van der Waals surface area contributed by atoms with Crippen molar-refractivity contribution in [3.8, 4) is 0 Å². The van der Waals surface area contributed by atoms with Crippen molar-refractivity contribution < 1.29 is 12.8 Å². The molecule has 3 rings (SSSR count). The van der Waals surface area contributed by atoms with E-state index in [2.05, 4.69) is 24.0 Å². The van der Waals surface area contributed by atoms with Gasteiger partial charge in [0.05, 0.1) is 6.54 Å². The van der Waals surface area contributed by atoms with Crippen molar-refractivity contribution in [3.05, 3.63) is 53.8 Å². The van der Waals surface area contributed by atoms with E-state index in [-0.39, 0.29) is 5.09 Å². The molecular formula is C19H26N2O3S. The highest BCUT2D eigenvalue weighted by Gasteiger charge is 2.32. The summed E-state index contributed by atoms with van der Waals surface area (Å²) in [5.74, 6) is 1.41. The maximum atomic E-state index is 12.2. The third kappa shape index (κ3) is 4.32. The summed E-state index contributed by atoms with van der Waals surface area (Å²) < 4.78 is 31.2. The minimum absolute atomic E-state index is 0.00577. The predicted molar refractivity (Wildman–Crippen MR) is 97.5 cm³/mol. The summed E-state index contributed by atoms with van der Waals surface area (Å²) in [4.78, 5) is 2.37. The summed E-state index contributed by atoms with van der Waals surface area (Å²) in [7, 11) is -0.510. The number of nitrogens with zero attached hydrogens (tertiary/aromatic N) is 2. The summed E-state index contributed by atoms with van der Waals surface area (Å²) in [5, 5.41) is 0.00577. The van der Waals surface area contributed by atoms with E-state index in [1.165, 1.54) is 36.8 Å². The highest BCUT2D eigenvalue weighted by atomic mass is 32.2. The Hall–Kier alpha value is -1.63. The predicted octanol–water partition coefficient (Wildman–Crippen LogP) is 3.33. The molecule has 0 aliphatic heterocycles. The highest BCUT2D eigenvalue weighted by Crippen LogP contribution is 2.36. The second-order valence-corrected chi connectivity index (χ2v) is 9.06. The second-order valence-electron chi connectivity index (χ2n) is 6.98. The lowest BCUT2D eigenvalue weighted by atomic mass is 10.1. The number of hydrogen-bond acceptors (Lipinski definition) is 4. The van der Waals surface area contributed by atoms with Gasteiger partial charge < -0.3 is 4.42 Å². The standard InChI is InChI=1S/C19H26N2O3S/c1-15(17-9-10-17)21(13-16-7-5-4-6-8-16)14-18-11-12-19(24-18)25(22,23)20(2)3/h4-8,11-12,15,17H,9-10,13-14H2,1-3H3. The topological polar surface area (TPSA) is 53.8 Å². The molecule has 1 saturated carbocycles. The molecule has 1 aromatic heterocycles. The van der Waals surface area contributed by atoms with Crippen molar-refractivity contribution in [1.29, 1.82) is 0 Å². The third-order valence-corrected chi connectivity index (χ3v) is 6.53. The van der Waals surface area contributed by atoms with E-state index in [0.717, 1.165) is 12.5 Å². The molecule has 0 saturated heterocycles. The van der Waals surface area contributed by atoms with E-state index in [1.807, 2.05) is 18.2 Å². The molecule has 1 aromatic carbocycles. The van der Waals surface area contributed by atoms with Gasteiger partial charge >= 0.3 is 0 Å². The van der Waals surface area contributed by atoms with E-state index in [0.29, 0.717) is 18.3 Å². The fourth-order valence-corrected chi connectivity index (χ4v) is 3.81. The van der Waals surface area contributed by atoms with Crippen molar-refractivity contribution in [2.75, 3.05) is 14.1 Å². The summed E-state index contributed by atoms with van der Waals surface area (Å²) in [5.41, 5.74) is 1.25. The van der Waals surface area contributed by atoms with Crippen molar-refractivity contribution in [2.45, 2.75) is 44.0 Å². The van der Waals surface area contributed by atoms with Crippen LogP contribution in [0.15, 0.2) is 52.0 Å². The van der Waals surface area contributed by atoms with Crippen molar-refractivity contribution in [2.24, 2.45) is 5.92 Å². The van der Waals surface area contributed by atoms with Gasteiger partial charge in [0, 0.05) is 26.7 Å². The molecule has 1 heterocycles. The zero-order valence-corrected chi connectivity index (χ0v) is 15.9. The Kier molecular flexibility index (Phi) is 5.32. The normalized spacial score (nSPS) is 16.5. The molecule has 0 N–H and O–H groups in total. The van der Waals surface area contributed by atoms with Gasteiger partial charge in [-0.05, 0) is 43.4 Å². The smallest absolute Gasteiger partial charge is 0.275 e. The Balaban J connectivity index is 1.77. The van der Waals surface area contributed by atoms with Crippen LogP contribution in [0, 0.1) is 5.92 Å². The molecule has 1 atom stereocenters. The van der Waals surface area contributed by atoms with Gasteiger partial charge in [-0.3, -0.25) is 4.90 Å². The molecule has 136 valence electrons. The first-order chi connectivity index (χ1) is 11.9. The molecule has 1 aliphatic rings. The Morgan fingerprint density at radius 3 is 2.36 bits per heavy atom. The Bertz CT molecular complexity index is 795. The van der Waals surface area contributed by atoms with Crippen LogP contribution in [0.4, 0.5) is 0 Å². The van der Waals surface area contributed by atoms with Gasteiger partial charge in [0.15, 0.2) is 0 Å². The Labute approximate surface area is 150 Å². The molecule has 2 aromatic rings. The summed E-state index contributed by atoms with van der Waals surface area (Å²) in [6, 6.07) is 14.1. The SMILES string of the molecule is CC(C1CC1)N(Cc1ccccc1)Cc1ccc(S(=O)(=O)N(C)C)o1. The van der Waals surface area contributed by atoms with Crippen LogP contribution >= 0.6 is 0 Å². The van der Waals surface area contributed by atoms with Gasteiger partial charge in [-0.25, -0.2) is 12.7 Å². The molecule has 1 unspecified atom stereocenters. The monoisotopic (exact) mass is 362 g/mol. The van der Waals surface area contributed by atoms with E-state index in [1.54, 1.807) is 12.1 Å². The van der Waals surface area contributed by atoms with Crippen LogP contribution < -0.4 is 0 Å². The lowest BCUT2D eigenvalue weighted by Gasteiger charge is -2.28. The van der Waals surface area contributed by atoms with Gasteiger partial charge in [0.1, 0.15) is 5.76 Å². The van der Waals surface area contributed by atoms with Gasteiger partial charge in [0.25, 0.3) is 10.0 Å². The minimum Gasteiger partial charge on any atom is -0.447 e. The van der Waals surface area contributed by atoms with E-state index < -0.39 is 10.0 Å². The Morgan fingerprint density at radius 1 is 1.08 bits per heavy atom. The van der Waals surface area contributed by atoms with Crippen LogP contribution in [0.25, 0.3) is 0 Å². The van der Waals surface area contributed by atoms with Crippen LogP contribution in [0.2, 0.25) is 0 Å². The molecule has 1 fully saturated rings. The van der Waals surface area contributed by atoms with Crippen LogP contribution in [-0.2, 0) is 23.1 Å². The van der Waals surface area contributed by atoms with E-state index >= 15 is 0 Å². The molecule has 0 spiro atoms.